The van der Waals surface area contributed by atoms with Gasteiger partial charge in [-0.3, -0.25) is 14.4 Å². The molecule has 2 fully saturated rings. The first-order valence-electron chi connectivity index (χ1n) is 11.6. The van der Waals surface area contributed by atoms with E-state index in [0.717, 1.165) is 24.6 Å². The predicted octanol–water partition coefficient (Wildman–Crippen LogP) is 2.92. The van der Waals surface area contributed by atoms with Crippen LogP contribution in [0.15, 0.2) is 60.2 Å². The molecule has 0 spiro atoms. The van der Waals surface area contributed by atoms with Gasteiger partial charge in [-0.05, 0) is 68.1 Å². The molecule has 2 aliphatic rings. The van der Waals surface area contributed by atoms with Crippen LogP contribution < -0.4 is 20.9 Å². The summed E-state index contributed by atoms with van der Waals surface area (Å²) in [6.45, 7) is 1.10. The van der Waals surface area contributed by atoms with Gasteiger partial charge >= 0.3 is 5.97 Å². The molecule has 0 saturated carbocycles. The fourth-order valence-corrected chi connectivity index (χ4v) is 4.60. The van der Waals surface area contributed by atoms with Crippen LogP contribution in [0.25, 0.3) is 0 Å². The van der Waals surface area contributed by atoms with Crippen molar-refractivity contribution in [3.8, 4) is 0 Å². The molecule has 2 saturated heterocycles. The van der Waals surface area contributed by atoms with Gasteiger partial charge in [0.25, 0.3) is 0 Å². The number of carboxylic acids is 1. The molecule has 0 bridgehead atoms. The molecule has 0 radical (unpaired) electrons. The van der Waals surface area contributed by atoms with Crippen molar-refractivity contribution in [2.45, 2.75) is 38.1 Å². The van der Waals surface area contributed by atoms with E-state index in [9.17, 15) is 24.3 Å². The van der Waals surface area contributed by atoms with Crippen LogP contribution in [0.4, 0.5) is 17.1 Å². The van der Waals surface area contributed by atoms with Crippen LogP contribution in [0, 0.1) is 0 Å². The molecule has 2 aromatic carbocycles. The maximum Gasteiger partial charge on any atom is 0.328 e. The van der Waals surface area contributed by atoms with Crippen LogP contribution in [-0.4, -0.2) is 47.9 Å². The standard InChI is InChI=1S/C26H28N4O5/c27-25(34)18-4-3-5-21(16-18)29-13-11-17(15-24(32)33)14-22(29)26(35)28-19-7-9-20(10-8-19)30-12-2-1-6-23(30)31/h3-5,7-10,15-16,22H,1-2,6,11-14H2,(H2,27,34)(H,28,35)(H,32,33). The number of carbonyl (C=O) groups excluding carboxylic acids is 3. The second kappa shape index (κ2) is 10.4. The topological polar surface area (TPSA) is 133 Å². The van der Waals surface area contributed by atoms with Gasteiger partial charge in [0.2, 0.25) is 17.7 Å². The fraction of sp³-hybridized carbons (Fsp3) is 0.308. The van der Waals surface area contributed by atoms with Gasteiger partial charge in [0, 0.05) is 48.2 Å². The van der Waals surface area contributed by atoms with Crippen molar-refractivity contribution < 1.29 is 24.3 Å². The number of hydrogen-bond donors (Lipinski definition) is 3. The molecule has 3 amide bonds. The molecule has 2 aliphatic heterocycles. The van der Waals surface area contributed by atoms with E-state index in [1.165, 1.54) is 0 Å². The first-order chi connectivity index (χ1) is 16.8. The first-order valence-corrected chi connectivity index (χ1v) is 11.6. The average Bonchev–Trinajstić information content (AvgIpc) is 2.84. The quantitative estimate of drug-likeness (QED) is 0.549. The normalized spacial score (nSPS) is 19.5. The van der Waals surface area contributed by atoms with Gasteiger partial charge in [0.1, 0.15) is 6.04 Å². The van der Waals surface area contributed by atoms with E-state index in [2.05, 4.69) is 5.32 Å². The van der Waals surface area contributed by atoms with Crippen molar-refractivity contribution in [1.82, 2.24) is 0 Å². The molecule has 9 nitrogen and oxygen atoms in total. The number of piperidine rings is 2. The van der Waals surface area contributed by atoms with E-state index in [4.69, 9.17) is 5.73 Å². The third-order valence-electron chi connectivity index (χ3n) is 6.37. The van der Waals surface area contributed by atoms with Gasteiger partial charge in [-0.2, -0.15) is 0 Å². The highest BCUT2D eigenvalue weighted by molar-refractivity contribution is 5.99. The second-order valence-electron chi connectivity index (χ2n) is 8.76. The van der Waals surface area contributed by atoms with Crippen molar-refractivity contribution in [3.63, 3.8) is 0 Å². The molecule has 2 heterocycles. The van der Waals surface area contributed by atoms with Gasteiger partial charge in [0.15, 0.2) is 0 Å². The minimum Gasteiger partial charge on any atom is -0.478 e. The van der Waals surface area contributed by atoms with Gasteiger partial charge < -0.3 is 26.0 Å². The largest absolute Gasteiger partial charge is 0.478 e. The van der Waals surface area contributed by atoms with Crippen molar-refractivity contribution in [2.75, 3.05) is 28.2 Å². The van der Waals surface area contributed by atoms with Crippen molar-refractivity contribution >= 4 is 40.8 Å². The van der Waals surface area contributed by atoms with Gasteiger partial charge in [0.05, 0.1) is 0 Å². The number of carbonyl (C=O) groups is 4. The van der Waals surface area contributed by atoms with E-state index in [-0.39, 0.29) is 18.2 Å². The Morgan fingerprint density at radius 1 is 1.00 bits per heavy atom. The lowest BCUT2D eigenvalue weighted by Crippen LogP contribution is -2.48. The number of amides is 3. The summed E-state index contributed by atoms with van der Waals surface area (Å²) in [4.78, 5) is 52.0. The SMILES string of the molecule is NC(=O)c1cccc(N2CCC(=CC(=O)O)CC2C(=O)Nc2ccc(N3CCCCC3=O)cc2)c1. The summed E-state index contributed by atoms with van der Waals surface area (Å²) in [6.07, 6.45) is 4.28. The third-order valence-corrected chi connectivity index (χ3v) is 6.37. The highest BCUT2D eigenvalue weighted by Crippen LogP contribution is 2.30. The highest BCUT2D eigenvalue weighted by atomic mass is 16.4. The summed E-state index contributed by atoms with van der Waals surface area (Å²) in [5.41, 5.74) is 8.45. The van der Waals surface area contributed by atoms with E-state index >= 15 is 0 Å². The number of nitrogens with one attached hydrogen (secondary N) is 1. The summed E-state index contributed by atoms with van der Waals surface area (Å²) >= 11 is 0. The molecular formula is C26H28N4O5. The summed E-state index contributed by atoms with van der Waals surface area (Å²) < 4.78 is 0. The van der Waals surface area contributed by atoms with Crippen molar-refractivity contribution in [3.05, 3.63) is 65.7 Å². The molecule has 0 aliphatic carbocycles. The lowest BCUT2D eigenvalue weighted by molar-refractivity contribution is -0.131. The zero-order valence-corrected chi connectivity index (χ0v) is 19.3. The van der Waals surface area contributed by atoms with Crippen LogP contribution in [0.3, 0.4) is 0 Å². The fourth-order valence-electron chi connectivity index (χ4n) is 4.60. The number of primary amides is 1. The molecule has 35 heavy (non-hydrogen) atoms. The van der Waals surface area contributed by atoms with Gasteiger partial charge in [-0.1, -0.05) is 11.6 Å². The van der Waals surface area contributed by atoms with Crippen LogP contribution in [-0.2, 0) is 14.4 Å². The average molecular weight is 477 g/mol. The highest BCUT2D eigenvalue weighted by Gasteiger charge is 2.32. The molecule has 9 heteroatoms. The van der Waals surface area contributed by atoms with E-state index < -0.39 is 17.9 Å². The Hall–Kier alpha value is -4.14. The molecule has 0 aromatic heterocycles. The summed E-state index contributed by atoms with van der Waals surface area (Å²) in [5, 5.41) is 12.1. The molecule has 182 valence electrons. The molecule has 2 aromatic rings. The molecule has 1 unspecified atom stereocenters. The number of nitrogens with zero attached hydrogens (tertiary/aromatic N) is 2. The monoisotopic (exact) mass is 476 g/mol. The zero-order chi connectivity index (χ0) is 24.9. The number of anilines is 3. The van der Waals surface area contributed by atoms with Crippen LogP contribution in [0.1, 0.15) is 42.5 Å². The molecule has 1 atom stereocenters. The number of rotatable bonds is 6. The number of carboxylic acid groups (broad SMARTS) is 1. The second-order valence-corrected chi connectivity index (χ2v) is 8.76. The Morgan fingerprint density at radius 2 is 1.77 bits per heavy atom. The summed E-state index contributed by atoms with van der Waals surface area (Å²) in [6, 6.07) is 13.2. The maximum absolute atomic E-state index is 13.4. The Balaban J connectivity index is 1.55. The molecule has 4 N–H and O–H groups in total. The predicted molar refractivity (Wildman–Crippen MR) is 132 cm³/mol. The Labute approximate surface area is 203 Å². The Kier molecular flexibility index (Phi) is 7.14. The smallest absolute Gasteiger partial charge is 0.328 e. The first kappa shape index (κ1) is 24.0. The van der Waals surface area contributed by atoms with Gasteiger partial charge in [-0.15, -0.1) is 0 Å². The molecule has 4 rings (SSSR count). The van der Waals surface area contributed by atoms with Crippen LogP contribution in [0.5, 0.6) is 0 Å². The maximum atomic E-state index is 13.4. The van der Waals surface area contributed by atoms with E-state index in [1.54, 1.807) is 41.3 Å². The van der Waals surface area contributed by atoms with E-state index in [0.29, 0.717) is 48.4 Å². The number of nitrogens with two attached hydrogens (primary N) is 1. The lowest BCUT2D eigenvalue weighted by Gasteiger charge is -2.37. The number of hydrogen-bond acceptors (Lipinski definition) is 5. The third kappa shape index (κ3) is 5.68. The number of benzene rings is 2. The Bertz CT molecular complexity index is 1170. The summed E-state index contributed by atoms with van der Waals surface area (Å²) in [7, 11) is 0. The Morgan fingerprint density at radius 3 is 2.46 bits per heavy atom. The van der Waals surface area contributed by atoms with Crippen molar-refractivity contribution in [1.29, 1.82) is 0 Å². The zero-order valence-electron chi connectivity index (χ0n) is 19.3. The van der Waals surface area contributed by atoms with Crippen LogP contribution >= 0.6 is 0 Å². The summed E-state index contributed by atoms with van der Waals surface area (Å²) in [5.74, 6) is -1.82. The molecular weight excluding hydrogens is 448 g/mol. The van der Waals surface area contributed by atoms with Gasteiger partial charge in [-0.25, -0.2) is 4.79 Å². The number of aliphatic carboxylic acids is 1. The van der Waals surface area contributed by atoms with E-state index in [1.807, 2.05) is 17.0 Å². The van der Waals surface area contributed by atoms with Crippen molar-refractivity contribution in [2.24, 2.45) is 5.73 Å². The minimum atomic E-state index is -1.05. The minimum absolute atomic E-state index is 0.0989. The lowest BCUT2D eigenvalue weighted by atomic mass is 9.94. The van der Waals surface area contributed by atoms with Crippen LogP contribution in [0.2, 0.25) is 0 Å².